The Labute approximate surface area is 243 Å². The summed E-state index contributed by atoms with van der Waals surface area (Å²) >= 11 is 0. The molecule has 0 fully saturated rings. The number of hydrogen-bond acceptors (Lipinski definition) is 3. The highest BCUT2D eigenvalue weighted by Gasteiger charge is 2.10. The van der Waals surface area contributed by atoms with Crippen LogP contribution in [0.25, 0.3) is 77.2 Å². The van der Waals surface area contributed by atoms with E-state index in [1.807, 2.05) is 24.4 Å². The van der Waals surface area contributed by atoms with Gasteiger partial charge >= 0.3 is 0 Å². The number of benzene rings is 6. The van der Waals surface area contributed by atoms with Crippen LogP contribution >= 0.6 is 0 Å². The zero-order valence-corrected chi connectivity index (χ0v) is 22.8. The van der Waals surface area contributed by atoms with Crippen molar-refractivity contribution in [3.8, 4) is 44.9 Å². The van der Waals surface area contributed by atoms with E-state index in [-0.39, 0.29) is 0 Å². The minimum atomic E-state index is 0.699. The van der Waals surface area contributed by atoms with Crippen molar-refractivity contribution in [3.63, 3.8) is 0 Å². The first-order chi connectivity index (χ1) is 20.8. The summed E-state index contributed by atoms with van der Waals surface area (Å²) < 4.78 is 0. The van der Waals surface area contributed by atoms with Gasteiger partial charge in [0.05, 0.1) is 5.69 Å². The molecule has 8 aromatic rings. The molecule has 3 nitrogen and oxygen atoms in total. The highest BCUT2D eigenvalue weighted by Crippen LogP contribution is 2.37. The molecule has 196 valence electrons. The summed E-state index contributed by atoms with van der Waals surface area (Å²) in [7, 11) is 0. The molecule has 0 amide bonds. The van der Waals surface area contributed by atoms with E-state index in [2.05, 4.69) is 125 Å². The van der Waals surface area contributed by atoms with Gasteiger partial charge in [-0.1, -0.05) is 109 Å². The van der Waals surface area contributed by atoms with Gasteiger partial charge in [-0.2, -0.15) is 0 Å². The summed E-state index contributed by atoms with van der Waals surface area (Å²) in [6, 6.07) is 47.5. The minimum absolute atomic E-state index is 0.699. The Balaban J connectivity index is 1.11. The Morgan fingerprint density at radius 3 is 1.40 bits per heavy atom. The van der Waals surface area contributed by atoms with Gasteiger partial charge in [0.15, 0.2) is 5.82 Å². The lowest BCUT2D eigenvalue weighted by Gasteiger charge is -2.12. The van der Waals surface area contributed by atoms with E-state index in [1.54, 1.807) is 12.4 Å². The van der Waals surface area contributed by atoms with Crippen LogP contribution in [0.15, 0.2) is 152 Å². The Bertz CT molecular complexity index is 2180. The van der Waals surface area contributed by atoms with E-state index in [0.29, 0.717) is 5.82 Å². The fraction of sp³-hybridized carbons (Fsp3) is 0. The number of nitrogens with zero attached hydrogens (tertiary/aromatic N) is 3. The lowest BCUT2D eigenvalue weighted by Crippen LogP contribution is -1.91. The number of pyridine rings is 1. The second-order valence-electron chi connectivity index (χ2n) is 10.5. The number of rotatable bonds is 4. The molecule has 42 heavy (non-hydrogen) atoms. The van der Waals surface area contributed by atoms with Crippen LogP contribution in [0, 0.1) is 0 Å². The van der Waals surface area contributed by atoms with Gasteiger partial charge in [0, 0.05) is 29.7 Å². The molecule has 0 aliphatic heterocycles. The molecule has 2 heterocycles. The van der Waals surface area contributed by atoms with E-state index < -0.39 is 0 Å². The molecule has 0 radical (unpaired) electrons. The molecule has 6 aromatic carbocycles. The third kappa shape index (κ3) is 4.20. The average molecular weight is 536 g/mol. The lowest BCUT2D eigenvalue weighted by atomic mass is 9.92. The maximum Gasteiger partial charge on any atom is 0.159 e. The lowest BCUT2D eigenvalue weighted by molar-refractivity contribution is 1.17. The first kappa shape index (κ1) is 24.2. The summed E-state index contributed by atoms with van der Waals surface area (Å²) in [5.41, 5.74) is 7.70. The van der Waals surface area contributed by atoms with Crippen molar-refractivity contribution < 1.29 is 0 Å². The fourth-order valence-electron chi connectivity index (χ4n) is 5.94. The van der Waals surface area contributed by atoms with E-state index in [0.717, 1.165) is 16.8 Å². The molecule has 0 unspecified atom stereocenters. The van der Waals surface area contributed by atoms with Crippen molar-refractivity contribution in [2.24, 2.45) is 0 Å². The zero-order valence-electron chi connectivity index (χ0n) is 22.8. The molecule has 0 aliphatic carbocycles. The second kappa shape index (κ2) is 10.1. The number of hydrogen-bond donors (Lipinski definition) is 0. The molecule has 0 bridgehead atoms. The molecule has 8 rings (SSSR count). The fourth-order valence-corrected chi connectivity index (χ4v) is 5.94. The largest absolute Gasteiger partial charge is 0.265 e. The van der Waals surface area contributed by atoms with Gasteiger partial charge in [-0.05, 0) is 78.8 Å². The van der Waals surface area contributed by atoms with E-state index in [9.17, 15) is 0 Å². The highest BCUT2D eigenvalue weighted by atomic mass is 14.9. The molecule has 0 saturated heterocycles. The Morgan fingerprint density at radius 2 is 0.810 bits per heavy atom. The van der Waals surface area contributed by atoms with E-state index in [4.69, 9.17) is 4.98 Å². The van der Waals surface area contributed by atoms with Gasteiger partial charge in [-0.3, -0.25) is 4.98 Å². The smallest absolute Gasteiger partial charge is 0.159 e. The zero-order chi connectivity index (χ0) is 27.9. The standard InChI is InChI=1S/C39H25N3/c1-2-7-34-32(5-1)33-6-3-4-8-35(33)37-25-31(17-18-36(34)37)28-11-9-26(10-12-28)27-13-15-29(16-14-27)38-21-24-41-39(42-38)30-19-22-40-23-20-30/h1-25H. The van der Waals surface area contributed by atoms with Crippen LogP contribution in [0.4, 0.5) is 0 Å². The molecule has 0 spiro atoms. The van der Waals surface area contributed by atoms with Crippen LogP contribution in [0.3, 0.4) is 0 Å². The maximum atomic E-state index is 4.78. The van der Waals surface area contributed by atoms with E-state index in [1.165, 1.54) is 54.6 Å². The van der Waals surface area contributed by atoms with Crippen LogP contribution in [0.2, 0.25) is 0 Å². The SMILES string of the molecule is c1ccc2c(c1)c1ccccc1c1cc(-c3ccc(-c4ccc(-c5ccnc(-c6ccncc6)n5)cc4)cc3)ccc21. The molecule has 0 aliphatic rings. The molecule has 3 heteroatoms. The molecule has 0 saturated carbocycles. The van der Waals surface area contributed by atoms with Gasteiger partial charge in [0.2, 0.25) is 0 Å². The average Bonchev–Trinajstić information content (AvgIpc) is 3.09. The molecule has 0 atom stereocenters. The molecular formula is C39H25N3. The minimum Gasteiger partial charge on any atom is -0.265 e. The summed E-state index contributed by atoms with van der Waals surface area (Å²) in [6.07, 6.45) is 5.33. The van der Waals surface area contributed by atoms with Gasteiger partial charge in [0.1, 0.15) is 0 Å². The topological polar surface area (TPSA) is 38.7 Å². The third-order valence-corrected chi connectivity index (χ3v) is 8.07. The molecular weight excluding hydrogens is 510 g/mol. The second-order valence-corrected chi connectivity index (χ2v) is 10.5. The first-order valence-electron chi connectivity index (χ1n) is 14.1. The summed E-state index contributed by atoms with van der Waals surface area (Å²) in [5.74, 6) is 0.699. The van der Waals surface area contributed by atoms with Crippen LogP contribution in [0.1, 0.15) is 0 Å². The maximum absolute atomic E-state index is 4.78. The summed E-state index contributed by atoms with van der Waals surface area (Å²) in [4.78, 5) is 13.3. The summed E-state index contributed by atoms with van der Waals surface area (Å²) in [5, 5.41) is 7.78. The predicted octanol–water partition coefficient (Wildman–Crippen LogP) is 10.00. The van der Waals surface area contributed by atoms with Crippen molar-refractivity contribution >= 4 is 32.3 Å². The normalized spacial score (nSPS) is 11.3. The van der Waals surface area contributed by atoms with Crippen LogP contribution in [-0.2, 0) is 0 Å². The number of aromatic nitrogens is 3. The monoisotopic (exact) mass is 535 g/mol. The predicted molar refractivity (Wildman–Crippen MR) is 174 cm³/mol. The van der Waals surface area contributed by atoms with Crippen molar-refractivity contribution in [2.45, 2.75) is 0 Å². The van der Waals surface area contributed by atoms with Crippen LogP contribution in [0.5, 0.6) is 0 Å². The molecule has 0 N–H and O–H groups in total. The van der Waals surface area contributed by atoms with Crippen molar-refractivity contribution in [2.75, 3.05) is 0 Å². The van der Waals surface area contributed by atoms with Gasteiger partial charge in [0.25, 0.3) is 0 Å². The quantitative estimate of drug-likeness (QED) is 0.211. The number of fused-ring (bicyclic) bond motifs is 6. The summed E-state index contributed by atoms with van der Waals surface area (Å²) in [6.45, 7) is 0. The van der Waals surface area contributed by atoms with Gasteiger partial charge in [-0.15, -0.1) is 0 Å². The van der Waals surface area contributed by atoms with Crippen LogP contribution < -0.4 is 0 Å². The van der Waals surface area contributed by atoms with Crippen molar-refractivity contribution in [3.05, 3.63) is 152 Å². The molecule has 2 aromatic heterocycles. The van der Waals surface area contributed by atoms with Gasteiger partial charge < -0.3 is 0 Å². The van der Waals surface area contributed by atoms with Crippen molar-refractivity contribution in [1.29, 1.82) is 0 Å². The van der Waals surface area contributed by atoms with E-state index >= 15 is 0 Å². The Kier molecular flexibility index (Phi) is 5.79. The van der Waals surface area contributed by atoms with Crippen molar-refractivity contribution in [1.82, 2.24) is 15.0 Å². The van der Waals surface area contributed by atoms with Crippen LogP contribution in [-0.4, -0.2) is 15.0 Å². The third-order valence-electron chi connectivity index (χ3n) is 8.07. The Morgan fingerprint density at radius 1 is 0.333 bits per heavy atom. The van der Waals surface area contributed by atoms with Gasteiger partial charge in [-0.25, -0.2) is 9.97 Å². The Hall–Kier alpha value is -5.67. The first-order valence-corrected chi connectivity index (χ1v) is 14.1. The highest BCUT2D eigenvalue weighted by molar-refractivity contribution is 6.25.